The van der Waals surface area contributed by atoms with E-state index in [2.05, 4.69) is 10.2 Å². The van der Waals surface area contributed by atoms with E-state index in [-0.39, 0.29) is 18.7 Å². The van der Waals surface area contributed by atoms with Gasteiger partial charge in [-0.15, -0.1) is 10.2 Å². The first-order valence-electron chi connectivity index (χ1n) is 12.2. The molecule has 6 rings (SSSR count). The summed E-state index contributed by atoms with van der Waals surface area (Å²) in [4.78, 5) is 6.19. The Labute approximate surface area is 206 Å². The highest BCUT2D eigenvalue weighted by Crippen LogP contribution is 2.41. The van der Waals surface area contributed by atoms with Crippen molar-refractivity contribution in [3.63, 3.8) is 0 Å². The zero-order valence-corrected chi connectivity index (χ0v) is 19.9. The molecule has 188 valence electrons. The molecule has 0 radical (unpaired) electrons. The van der Waals surface area contributed by atoms with Crippen LogP contribution >= 0.6 is 0 Å². The average molecular weight is 497 g/mol. The van der Waals surface area contributed by atoms with Gasteiger partial charge in [0.15, 0.2) is 11.5 Å². The zero-order valence-electron chi connectivity index (χ0n) is 19.9. The molecule has 1 saturated heterocycles. The van der Waals surface area contributed by atoms with Crippen molar-refractivity contribution < 1.29 is 17.9 Å². The Morgan fingerprint density at radius 2 is 1.97 bits per heavy atom. The van der Waals surface area contributed by atoms with Crippen LogP contribution < -0.4 is 10.5 Å². The number of aromatic nitrogens is 4. The van der Waals surface area contributed by atoms with Crippen molar-refractivity contribution in [3.05, 3.63) is 54.2 Å². The number of fused-ring (bicyclic) bond motifs is 2. The lowest BCUT2D eigenvalue weighted by Crippen LogP contribution is -2.43. The van der Waals surface area contributed by atoms with Gasteiger partial charge in [-0.05, 0) is 55.9 Å². The summed E-state index contributed by atoms with van der Waals surface area (Å²) in [6, 6.07) is 10.7. The largest absolute Gasteiger partial charge is 0.491 e. The third-order valence-corrected chi connectivity index (χ3v) is 7.03. The maximum Gasteiger partial charge on any atom is 0.408 e. The normalized spacial score (nSPS) is 21.9. The molecule has 10 heteroatoms. The van der Waals surface area contributed by atoms with E-state index in [1.54, 1.807) is 23.5 Å². The van der Waals surface area contributed by atoms with Gasteiger partial charge in [0, 0.05) is 30.2 Å². The van der Waals surface area contributed by atoms with Crippen LogP contribution in [0.25, 0.3) is 28.1 Å². The lowest BCUT2D eigenvalue weighted by Gasteiger charge is -2.31. The Morgan fingerprint density at radius 1 is 1.14 bits per heavy atom. The Bertz CT molecular complexity index is 1430. The van der Waals surface area contributed by atoms with E-state index >= 15 is 0 Å². The third-order valence-electron chi connectivity index (χ3n) is 7.03. The van der Waals surface area contributed by atoms with Crippen LogP contribution in [0.5, 0.6) is 5.75 Å². The predicted molar refractivity (Wildman–Crippen MR) is 130 cm³/mol. The molecule has 3 aromatic heterocycles. The highest BCUT2D eigenvalue weighted by atomic mass is 19.4. The van der Waals surface area contributed by atoms with Gasteiger partial charge in [-0.1, -0.05) is 24.3 Å². The number of para-hydroxylation sites is 1. The van der Waals surface area contributed by atoms with Gasteiger partial charge in [0.25, 0.3) is 0 Å². The molecule has 2 atom stereocenters. The molecule has 2 fully saturated rings. The van der Waals surface area contributed by atoms with Gasteiger partial charge in [-0.3, -0.25) is 9.30 Å². The molecule has 1 saturated carbocycles. The second-order valence-electron chi connectivity index (χ2n) is 10.3. The van der Waals surface area contributed by atoms with Crippen LogP contribution in [0, 0.1) is 5.92 Å². The van der Waals surface area contributed by atoms with E-state index in [0.29, 0.717) is 47.4 Å². The molecule has 2 aliphatic rings. The zero-order chi connectivity index (χ0) is 25.1. The molecular weight excluding hydrogens is 469 g/mol. The summed E-state index contributed by atoms with van der Waals surface area (Å²) in [5.41, 5.74) is 7.26. The van der Waals surface area contributed by atoms with Crippen LogP contribution in [0.2, 0.25) is 0 Å². The fraction of sp³-hybridized carbons (Fsp3) is 0.423. The Morgan fingerprint density at radius 3 is 2.69 bits per heavy atom. The first-order chi connectivity index (χ1) is 17.2. The summed E-state index contributed by atoms with van der Waals surface area (Å²) in [7, 11) is 0. The summed E-state index contributed by atoms with van der Waals surface area (Å²) < 4.78 is 50.4. The summed E-state index contributed by atoms with van der Waals surface area (Å²) in [5.74, 6) is 1.65. The monoisotopic (exact) mass is 496 g/mol. The summed E-state index contributed by atoms with van der Waals surface area (Å²) >= 11 is 0. The van der Waals surface area contributed by atoms with Gasteiger partial charge in [0.05, 0.1) is 6.61 Å². The van der Waals surface area contributed by atoms with Gasteiger partial charge in [-0.2, -0.15) is 13.2 Å². The lowest BCUT2D eigenvalue weighted by molar-refractivity contribution is -0.184. The minimum absolute atomic E-state index is 0.114. The highest BCUT2D eigenvalue weighted by molar-refractivity contribution is 5.86. The first-order valence-corrected chi connectivity index (χ1v) is 12.2. The molecule has 0 spiro atoms. The number of nitrogens with two attached hydrogens (primary N) is 1. The maximum atomic E-state index is 14.3. The van der Waals surface area contributed by atoms with Crippen molar-refractivity contribution in [2.24, 2.45) is 11.7 Å². The number of rotatable bonds is 6. The minimum atomic E-state index is -4.46. The standard InChI is InChI=1S/C26H27F3N6O/c1-25(30)11-12-34(15-25)23(26(27,28)29)18-8-10-21-32-33-24(35(21)13-18)19-9-7-17-3-2-4-20(22(17)31-19)36-14-16-5-6-16/h2-4,7-10,13,16,23H,5-6,11-12,14-15,30H2,1H3. The molecular formula is C26H27F3N6O. The molecule has 1 aliphatic carbocycles. The van der Waals surface area contributed by atoms with Gasteiger partial charge in [0.1, 0.15) is 23.0 Å². The van der Waals surface area contributed by atoms with Crippen LogP contribution in [-0.4, -0.2) is 55.9 Å². The Hall–Kier alpha value is -3.24. The number of nitrogens with zero attached hydrogens (tertiary/aromatic N) is 5. The maximum absolute atomic E-state index is 14.3. The molecule has 36 heavy (non-hydrogen) atoms. The number of alkyl halides is 3. The quantitative estimate of drug-likeness (QED) is 0.415. The van der Waals surface area contributed by atoms with Crippen LogP contribution in [0.1, 0.15) is 37.8 Å². The van der Waals surface area contributed by atoms with Gasteiger partial charge < -0.3 is 10.5 Å². The number of ether oxygens (including phenoxy) is 1. The first kappa shape index (κ1) is 23.2. The lowest BCUT2D eigenvalue weighted by atomic mass is 10.0. The molecule has 0 bridgehead atoms. The van der Waals surface area contributed by atoms with Crippen LogP contribution in [0.3, 0.4) is 0 Å². The number of hydrogen-bond donors (Lipinski definition) is 1. The van der Waals surface area contributed by atoms with Crippen LogP contribution in [0.4, 0.5) is 13.2 Å². The third kappa shape index (κ3) is 4.39. The molecule has 4 aromatic rings. The Kier molecular flexibility index (Phi) is 5.42. The summed E-state index contributed by atoms with van der Waals surface area (Å²) in [5, 5.41) is 9.35. The van der Waals surface area contributed by atoms with E-state index in [9.17, 15) is 13.2 Å². The average Bonchev–Trinajstić information content (AvgIpc) is 3.46. The molecule has 4 heterocycles. The van der Waals surface area contributed by atoms with Gasteiger partial charge >= 0.3 is 6.18 Å². The van der Waals surface area contributed by atoms with E-state index in [4.69, 9.17) is 15.5 Å². The van der Waals surface area contributed by atoms with Crippen molar-refractivity contribution in [3.8, 4) is 17.3 Å². The molecule has 7 nitrogen and oxygen atoms in total. The van der Waals surface area contributed by atoms with Crippen LogP contribution in [-0.2, 0) is 0 Å². The molecule has 1 aliphatic heterocycles. The van der Waals surface area contributed by atoms with Crippen molar-refractivity contribution in [2.45, 2.75) is 43.9 Å². The van der Waals surface area contributed by atoms with E-state index in [1.807, 2.05) is 24.3 Å². The molecule has 0 amide bonds. The van der Waals surface area contributed by atoms with Crippen molar-refractivity contribution in [1.29, 1.82) is 0 Å². The van der Waals surface area contributed by atoms with Gasteiger partial charge in [-0.25, -0.2) is 4.98 Å². The minimum Gasteiger partial charge on any atom is -0.491 e. The Balaban J connectivity index is 1.40. The predicted octanol–water partition coefficient (Wildman–Crippen LogP) is 4.76. The van der Waals surface area contributed by atoms with E-state index in [1.165, 1.54) is 30.0 Å². The fourth-order valence-electron chi connectivity index (χ4n) is 4.94. The number of pyridine rings is 2. The second kappa shape index (κ2) is 8.41. The van der Waals surface area contributed by atoms with Crippen molar-refractivity contribution >= 4 is 16.6 Å². The second-order valence-corrected chi connectivity index (χ2v) is 10.3. The van der Waals surface area contributed by atoms with Crippen LogP contribution in [0.15, 0.2) is 48.7 Å². The molecule has 2 unspecified atom stereocenters. The molecule has 1 aromatic carbocycles. The van der Waals surface area contributed by atoms with Crippen molar-refractivity contribution in [1.82, 2.24) is 24.5 Å². The number of likely N-dealkylation sites (tertiary alicyclic amines) is 1. The number of hydrogen-bond acceptors (Lipinski definition) is 6. The topological polar surface area (TPSA) is 81.6 Å². The van der Waals surface area contributed by atoms with Gasteiger partial charge in [0.2, 0.25) is 0 Å². The van der Waals surface area contributed by atoms with Crippen molar-refractivity contribution in [2.75, 3.05) is 19.7 Å². The summed E-state index contributed by atoms with van der Waals surface area (Å²) in [6.07, 6.45) is -0.129. The van der Waals surface area contributed by atoms with E-state index in [0.717, 1.165) is 5.39 Å². The highest BCUT2D eigenvalue weighted by Gasteiger charge is 2.48. The molecule has 2 N–H and O–H groups in total. The summed E-state index contributed by atoms with van der Waals surface area (Å²) in [6.45, 7) is 2.88. The smallest absolute Gasteiger partial charge is 0.408 e. The SMILES string of the molecule is CC1(N)CCN(C(c2ccc3nnc(-c4ccc5cccc(OCC6CC6)c5n4)n3c2)C(F)(F)F)C1. The fourth-order valence-corrected chi connectivity index (χ4v) is 4.94. The number of halogens is 3. The number of benzene rings is 1. The van der Waals surface area contributed by atoms with E-state index < -0.39 is 17.8 Å².